The lowest BCUT2D eigenvalue weighted by Crippen LogP contribution is -2.07. The molecular weight excluding hydrogens is 350 g/mol. The largest absolute Gasteiger partial charge is 0.356 e. The molecule has 0 saturated carbocycles. The first kappa shape index (κ1) is 17.4. The second kappa shape index (κ2) is 8.09. The van der Waals surface area contributed by atoms with Crippen LogP contribution in [0.5, 0.6) is 0 Å². The van der Waals surface area contributed by atoms with Crippen molar-refractivity contribution in [3.63, 3.8) is 0 Å². The molecule has 7 heteroatoms. The van der Waals surface area contributed by atoms with Gasteiger partial charge in [0.2, 0.25) is 5.91 Å². The van der Waals surface area contributed by atoms with Crippen LogP contribution in [0.4, 0.5) is 22.1 Å². The third kappa shape index (κ3) is 4.78. The Morgan fingerprint density at radius 3 is 2.23 bits per heavy atom. The molecule has 0 fully saturated rings. The van der Waals surface area contributed by atoms with Gasteiger partial charge in [-0.3, -0.25) is 14.9 Å². The van der Waals surface area contributed by atoms with E-state index in [1.807, 2.05) is 42.5 Å². The fourth-order valence-electron chi connectivity index (χ4n) is 2.20. The highest BCUT2D eigenvalue weighted by molar-refractivity contribution is 7.16. The van der Waals surface area contributed by atoms with Crippen LogP contribution in [0.25, 0.3) is 6.08 Å². The molecule has 130 valence electrons. The summed E-state index contributed by atoms with van der Waals surface area (Å²) in [7, 11) is 0. The zero-order chi connectivity index (χ0) is 18.4. The number of carbonyl (C=O) groups excluding carboxylic acids is 1. The Bertz CT molecular complexity index is 934. The number of nitro groups is 1. The molecule has 6 nitrogen and oxygen atoms in total. The second-order valence-electron chi connectivity index (χ2n) is 5.32. The first-order valence-corrected chi connectivity index (χ1v) is 8.57. The maximum Gasteiger partial charge on any atom is 0.324 e. The van der Waals surface area contributed by atoms with Gasteiger partial charge in [-0.1, -0.05) is 29.5 Å². The van der Waals surface area contributed by atoms with Crippen molar-refractivity contribution in [3.8, 4) is 0 Å². The van der Waals surface area contributed by atoms with E-state index in [0.29, 0.717) is 10.6 Å². The minimum atomic E-state index is -0.451. The van der Waals surface area contributed by atoms with E-state index in [4.69, 9.17) is 0 Å². The quantitative estimate of drug-likeness (QED) is 0.364. The molecule has 3 aromatic rings. The van der Waals surface area contributed by atoms with Crippen LogP contribution >= 0.6 is 11.3 Å². The highest BCUT2D eigenvalue weighted by Gasteiger charge is 2.08. The van der Waals surface area contributed by atoms with E-state index in [0.717, 1.165) is 22.7 Å². The smallest absolute Gasteiger partial charge is 0.324 e. The molecule has 0 unspecified atom stereocenters. The Balaban J connectivity index is 1.57. The summed E-state index contributed by atoms with van der Waals surface area (Å²) in [5.41, 5.74) is 2.56. The van der Waals surface area contributed by atoms with Gasteiger partial charge in [-0.25, -0.2) is 0 Å². The van der Waals surface area contributed by atoms with Crippen molar-refractivity contribution >= 4 is 45.4 Å². The Labute approximate surface area is 154 Å². The summed E-state index contributed by atoms with van der Waals surface area (Å²) in [5, 5.41) is 16.7. The average molecular weight is 365 g/mol. The average Bonchev–Trinajstić information content (AvgIpc) is 3.12. The predicted molar refractivity (Wildman–Crippen MR) is 105 cm³/mol. The van der Waals surface area contributed by atoms with Crippen molar-refractivity contribution in [2.75, 3.05) is 10.6 Å². The molecule has 0 spiro atoms. The van der Waals surface area contributed by atoms with E-state index in [1.54, 1.807) is 24.3 Å². The molecule has 3 rings (SSSR count). The zero-order valence-electron chi connectivity index (χ0n) is 13.6. The molecule has 2 N–H and O–H groups in total. The highest BCUT2D eigenvalue weighted by Crippen LogP contribution is 2.25. The number of nitrogens with one attached hydrogen (secondary N) is 2. The van der Waals surface area contributed by atoms with Gasteiger partial charge in [0, 0.05) is 34.1 Å². The Morgan fingerprint density at radius 2 is 1.58 bits per heavy atom. The van der Waals surface area contributed by atoms with Crippen LogP contribution in [-0.2, 0) is 4.79 Å². The number of nitrogens with zero attached hydrogens (tertiary/aromatic N) is 1. The molecule has 26 heavy (non-hydrogen) atoms. The standard InChI is InChI=1S/C19H15N3O3S/c23-18(12-10-17-11-13-19(26-17)22(24)25)21-16-8-6-15(7-9-16)20-14-4-2-1-3-5-14/h1-13,20H,(H,21,23)/b12-10+. The van der Waals surface area contributed by atoms with E-state index >= 15 is 0 Å². The van der Waals surface area contributed by atoms with Gasteiger partial charge < -0.3 is 10.6 Å². The first-order valence-electron chi connectivity index (χ1n) is 7.75. The molecule has 1 aromatic heterocycles. The van der Waals surface area contributed by atoms with Gasteiger partial charge in [-0.2, -0.15) is 0 Å². The summed E-state index contributed by atoms with van der Waals surface area (Å²) in [6, 6.07) is 20.1. The van der Waals surface area contributed by atoms with Crippen LogP contribution in [0.3, 0.4) is 0 Å². The monoisotopic (exact) mass is 365 g/mol. The summed E-state index contributed by atoms with van der Waals surface area (Å²) in [6.07, 6.45) is 2.91. The molecule has 0 aliphatic heterocycles. The Kier molecular flexibility index (Phi) is 5.40. The lowest BCUT2D eigenvalue weighted by Gasteiger charge is -2.07. The zero-order valence-corrected chi connectivity index (χ0v) is 14.4. The van der Waals surface area contributed by atoms with Crippen molar-refractivity contribution in [1.82, 2.24) is 0 Å². The maximum absolute atomic E-state index is 12.0. The fraction of sp³-hybridized carbons (Fsp3) is 0. The van der Waals surface area contributed by atoms with E-state index in [9.17, 15) is 14.9 Å². The number of rotatable bonds is 6. The number of anilines is 3. The number of thiophene rings is 1. The SMILES string of the molecule is O=C(/C=C/c1ccc([N+](=O)[O-])s1)Nc1ccc(Nc2ccccc2)cc1. The molecule has 0 aliphatic carbocycles. The van der Waals surface area contributed by atoms with Gasteiger partial charge >= 0.3 is 5.00 Å². The molecule has 0 aliphatic rings. The predicted octanol–water partition coefficient (Wildman–Crippen LogP) is 5.05. The maximum atomic E-state index is 12.0. The molecule has 0 atom stereocenters. The lowest BCUT2D eigenvalue weighted by atomic mass is 10.2. The summed E-state index contributed by atoms with van der Waals surface area (Å²) >= 11 is 1.02. The molecule has 1 amide bonds. The Morgan fingerprint density at radius 1 is 0.923 bits per heavy atom. The van der Waals surface area contributed by atoms with Crippen LogP contribution in [0.1, 0.15) is 4.88 Å². The minimum absolute atomic E-state index is 0.0477. The minimum Gasteiger partial charge on any atom is -0.356 e. The topological polar surface area (TPSA) is 84.3 Å². The summed E-state index contributed by atoms with van der Waals surface area (Å²) in [5.74, 6) is -0.301. The highest BCUT2D eigenvalue weighted by atomic mass is 32.1. The van der Waals surface area contributed by atoms with Crippen molar-refractivity contribution < 1.29 is 9.72 Å². The number of amides is 1. The number of benzene rings is 2. The number of carbonyl (C=O) groups is 1. The summed E-state index contributed by atoms with van der Waals surface area (Å²) in [6.45, 7) is 0. The number of para-hydroxylation sites is 1. The van der Waals surface area contributed by atoms with Crippen LogP contribution in [0, 0.1) is 10.1 Å². The molecular formula is C19H15N3O3S. The normalized spacial score (nSPS) is 10.6. The molecule has 2 aromatic carbocycles. The van der Waals surface area contributed by atoms with E-state index in [1.165, 1.54) is 12.1 Å². The van der Waals surface area contributed by atoms with Gasteiger partial charge in [-0.05, 0) is 48.5 Å². The van der Waals surface area contributed by atoms with Gasteiger partial charge in [0.05, 0.1) is 4.92 Å². The van der Waals surface area contributed by atoms with Crippen molar-refractivity contribution in [2.45, 2.75) is 0 Å². The van der Waals surface area contributed by atoms with Crippen LogP contribution in [0.2, 0.25) is 0 Å². The van der Waals surface area contributed by atoms with E-state index in [2.05, 4.69) is 10.6 Å². The summed E-state index contributed by atoms with van der Waals surface area (Å²) < 4.78 is 0. The van der Waals surface area contributed by atoms with Crippen LogP contribution in [0.15, 0.2) is 72.8 Å². The lowest BCUT2D eigenvalue weighted by molar-refractivity contribution is -0.380. The van der Waals surface area contributed by atoms with Gasteiger partial charge in [0.25, 0.3) is 0 Å². The van der Waals surface area contributed by atoms with Crippen LogP contribution in [-0.4, -0.2) is 10.8 Å². The fourth-order valence-corrected chi connectivity index (χ4v) is 2.92. The van der Waals surface area contributed by atoms with Gasteiger partial charge in [0.1, 0.15) is 0 Å². The van der Waals surface area contributed by atoms with Crippen molar-refractivity contribution in [1.29, 1.82) is 0 Å². The second-order valence-corrected chi connectivity index (χ2v) is 6.42. The van der Waals surface area contributed by atoms with Crippen LogP contribution < -0.4 is 10.6 Å². The number of hydrogen-bond donors (Lipinski definition) is 2. The van der Waals surface area contributed by atoms with Crippen molar-refractivity contribution in [2.24, 2.45) is 0 Å². The van der Waals surface area contributed by atoms with Gasteiger partial charge in [-0.15, -0.1) is 0 Å². The third-order valence-electron chi connectivity index (χ3n) is 3.41. The first-order chi connectivity index (χ1) is 12.6. The Hall–Kier alpha value is -3.45. The summed E-state index contributed by atoms with van der Waals surface area (Å²) in [4.78, 5) is 22.8. The van der Waals surface area contributed by atoms with Gasteiger partial charge in [0.15, 0.2) is 0 Å². The molecule has 0 bridgehead atoms. The number of hydrogen-bond acceptors (Lipinski definition) is 5. The molecule has 0 saturated heterocycles. The van der Waals surface area contributed by atoms with Crippen molar-refractivity contribution in [3.05, 3.63) is 87.8 Å². The molecule has 1 heterocycles. The van der Waals surface area contributed by atoms with E-state index < -0.39 is 4.92 Å². The third-order valence-corrected chi connectivity index (χ3v) is 4.41. The van der Waals surface area contributed by atoms with E-state index in [-0.39, 0.29) is 10.9 Å². The molecule has 0 radical (unpaired) electrons.